The van der Waals surface area contributed by atoms with Crippen LogP contribution in [0.2, 0.25) is 0 Å². The average Bonchev–Trinajstić information content (AvgIpc) is 2.18. The van der Waals surface area contributed by atoms with Crippen LogP contribution in [0.25, 0.3) is 0 Å². The second-order valence-corrected chi connectivity index (χ2v) is 3.62. The number of rotatable bonds is 3. The minimum Gasteiger partial charge on any atom is -0.496 e. The normalized spacial score (nSPS) is 9.64. The summed E-state index contributed by atoms with van der Waals surface area (Å²) in [5, 5.41) is 2.72. The Morgan fingerprint density at radius 3 is 2.86 bits per heavy atom. The second kappa shape index (κ2) is 5.00. The van der Waals surface area contributed by atoms with Gasteiger partial charge in [-0.25, -0.2) is 0 Å². The lowest BCUT2D eigenvalue weighted by Gasteiger charge is -2.08. The van der Waals surface area contributed by atoms with Crippen molar-refractivity contribution in [2.24, 2.45) is 0 Å². The van der Waals surface area contributed by atoms with Gasteiger partial charge >= 0.3 is 0 Å². The van der Waals surface area contributed by atoms with Gasteiger partial charge in [-0.2, -0.15) is 0 Å². The van der Waals surface area contributed by atoms with Crippen LogP contribution in [0.1, 0.15) is 17.3 Å². The third-order valence-corrected chi connectivity index (χ3v) is 2.24. The summed E-state index contributed by atoms with van der Waals surface area (Å²) in [6, 6.07) is 5.33. The van der Waals surface area contributed by atoms with Crippen LogP contribution in [0, 0.1) is 0 Å². The highest BCUT2D eigenvalue weighted by atomic mass is 79.9. The topological polar surface area (TPSA) is 38.3 Å². The molecule has 0 saturated heterocycles. The lowest BCUT2D eigenvalue weighted by Crippen LogP contribution is -2.23. The first-order chi connectivity index (χ1) is 6.69. The highest BCUT2D eigenvalue weighted by molar-refractivity contribution is 9.10. The minimum atomic E-state index is -0.120. The number of benzene rings is 1. The van der Waals surface area contributed by atoms with E-state index in [9.17, 15) is 4.79 Å². The van der Waals surface area contributed by atoms with Crippen molar-refractivity contribution in [2.45, 2.75) is 6.92 Å². The molecule has 0 aliphatic rings. The summed E-state index contributed by atoms with van der Waals surface area (Å²) < 4.78 is 5.95. The Balaban J connectivity index is 3.03. The van der Waals surface area contributed by atoms with Gasteiger partial charge in [-0.05, 0) is 25.1 Å². The molecule has 0 fully saturated rings. The van der Waals surface area contributed by atoms with Crippen LogP contribution in [-0.4, -0.2) is 19.6 Å². The maximum Gasteiger partial charge on any atom is 0.255 e. The lowest BCUT2D eigenvalue weighted by atomic mass is 10.2. The zero-order valence-corrected chi connectivity index (χ0v) is 9.72. The molecule has 0 bridgehead atoms. The van der Waals surface area contributed by atoms with Crippen molar-refractivity contribution in [3.05, 3.63) is 28.2 Å². The quantitative estimate of drug-likeness (QED) is 0.902. The molecule has 0 heterocycles. The molecule has 0 aliphatic carbocycles. The Morgan fingerprint density at radius 2 is 2.29 bits per heavy atom. The molecule has 76 valence electrons. The van der Waals surface area contributed by atoms with Crippen molar-refractivity contribution in [1.82, 2.24) is 5.32 Å². The molecule has 1 amide bonds. The summed E-state index contributed by atoms with van der Waals surface area (Å²) >= 11 is 3.31. The fourth-order valence-electron chi connectivity index (χ4n) is 1.11. The van der Waals surface area contributed by atoms with E-state index in [-0.39, 0.29) is 5.91 Å². The Morgan fingerprint density at radius 1 is 1.57 bits per heavy atom. The fraction of sp³-hybridized carbons (Fsp3) is 0.300. The molecule has 0 saturated carbocycles. The van der Waals surface area contributed by atoms with Crippen LogP contribution in [0.15, 0.2) is 22.7 Å². The van der Waals surface area contributed by atoms with E-state index in [0.29, 0.717) is 17.9 Å². The first-order valence-electron chi connectivity index (χ1n) is 4.30. The van der Waals surface area contributed by atoms with Crippen molar-refractivity contribution in [3.63, 3.8) is 0 Å². The van der Waals surface area contributed by atoms with E-state index < -0.39 is 0 Å². The number of hydrogen-bond donors (Lipinski definition) is 1. The summed E-state index contributed by atoms with van der Waals surface area (Å²) in [6.07, 6.45) is 0. The number of methoxy groups -OCH3 is 1. The Kier molecular flexibility index (Phi) is 3.95. The van der Waals surface area contributed by atoms with Gasteiger partial charge in [0.15, 0.2) is 0 Å². The van der Waals surface area contributed by atoms with Crippen molar-refractivity contribution in [1.29, 1.82) is 0 Å². The van der Waals surface area contributed by atoms with Crippen LogP contribution < -0.4 is 10.1 Å². The predicted octanol–water partition coefficient (Wildman–Crippen LogP) is 2.21. The Hall–Kier alpha value is -1.03. The average molecular weight is 258 g/mol. The number of ether oxygens (including phenoxy) is 1. The Labute approximate surface area is 91.6 Å². The van der Waals surface area contributed by atoms with Gasteiger partial charge in [-0.1, -0.05) is 15.9 Å². The second-order valence-electron chi connectivity index (χ2n) is 2.70. The van der Waals surface area contributed by atoms with E-state index in [2.05, 4.69) is 21.2 Å². The van der Waals surface area contributed by atoms with Crippen molar-refractivity contribution in [2.75, 3.05) is 13.7 Å². The van der Waals surface area contributed by atoms with E-state index in [0.717, 1.165) is 4.47 Å². The Bertz CT molecular complexity index is 339. The molecular formula is C10H12BrNO2. The minimum absolute atomic E-state index is 0.120. The molecular weight excluding hydrogens is 246 g/mol. The number of carbonyl (C=O) groups excluding carboxylic acids is 1. The molecule has 0 aromatic heterocycles. The summed E-state index contributed by atoms with van der Waals surface area (Å²) in [5.74, 6) is 0.463. The van der Waals surface area contributed by atoms with Gasteiger partial charge in [0.05, 0.1) is 12.7 Å². The van der Waals surface area contributed by atoms with Gasteiger partial charge in [0.2, 0.25) is 0 Å². The first kappa shape index (κ1) is 11.0. The lowest BCUT2D eigenvalue weighted by molar-refractivity contribution is 0.0952. The van der Waals surface area contributed by atoms with Gasteiger partial charge in [-0.3, -0.25) is 4.79 Å². The molecule has 0 spiro atoms. The van der Waals surface area contributed by atoms with Crippen molar-refractivity contribution in [3.8, 4) is 5.75 Å². The fourth-order valence-corrected chi connectivity index (χ4v) is 1.47. The van der Waals surface area contributed by atoms with E-state index >= 15 is 0 Å². The van der Waals surface area contributed by atoms with Gasteiger partial charge in [-0.15, -0.1) is 0 Å². The van der Waals surface area contributed by atoms with Crippen molar-refractivity contribution >= 4 is 21.8 Å². The van der Waals surface area contributed by atoms with Gasteiger partial charge in [0, 0.05) is 11.0 Å². The van der Waals surface area contributed by atoms with Gasteiger partial charge in [0.25, 0.3) is 5.91 Å². The summed E-state index contributed by atoms with van der Waals surface area (Å²) in [4.78, 5) is 11.6. The van der Waals surface area contributed by atoms with E-state index in [1.165, 1.54) is 0 Å². The number of amides is 1. The molecule has 0 aliphatic heterocycles. The monoisotopic (exact) mass is 257 g/mol. The molecule has 0 unspecified atom stereocenters. The zero-order chi connectivity index (χ0) is 10.6. The van der Waals surface area contributed by atoms with Crippen molar-refractivity contribution < 1.29 is 9.53 Å². The summed E-state index contributed by atoms with van der Waals surface area (Å²) in [5.41, 5.74) is 0.545. The van der Waals surface area contributed by atoms with Crippen LogP contribution in [0.4, 0.5) is 0 Å². The molecule has 0 atom stereocenters. The zero-order valence-electron chi connectivity index (χ0n) is 8.13. The number of nitrogens with one attached hydrogen (secondary N) is 1. The molecule has 3 nitrogen and oxygen atoms in total. The molecule has 14 heavy (non-hydrogen) atoms. The summed E-state index contributed by atoms with van der Waals surface area (Å²) in [7, 11) is 1.55. The smallest absolute Gasteiger partial charge is 0.255 e. The van der Waals surface area contributed by atoms with E-state index in [1.807, 2.05) is 13.0 Å². The highest BCUT2D eigenvalue weighted by Gasteiger charge is 2.11. The van der Waals surface area contributed by atoms with Crippen LogP contribution in [0.3, 0.4) is 0 Å². The molecule has 1 rings (SSSR count). The van der Waals surface area contributed by atoms with Crippen LogP contribution >= 0.6 is 15.9 Å². The van der Waals surface area contributed by atoms with E-state index in [1.54, 1.807) is 19.2 Å². The molecule has 0 radical (unpaired) electrons. The predicted molar refractivity (Wildman–Crippen MR) is 58.7 cm³/mol. The number of carbonyl (C=O) groups is 1. The van der Waals surface area contributed by atoms with Crippen LogP contribution in [-0.2, 0) is 0 Å². The standard InChI is InChI=1S/C10H12BrNO2/c1-3-12-10(13)8-6-7(11)4-5-9(8)14-2/h4-6H,3H2,1-2H3,(H,12,13). The first-order valence-corrected chi connectivity index (χ1v) is 5.10. The SMILES string of the molecule is CCNC(=O)c1cc(Br)ccc1OC. The summed E-state index contributed by atoms with van der Waals surface area (Å²) in [6.45, 7) is 2.48. The third kappa shape index (κ3) is 2.48. The maximum absolute atomic E-state index is 11.6. The molecule has 1 N–H and O–H groups in total. The maximum atomic E-state index is 11.6. The molecule has 1 aromatic carbocycles. The highest BCUT2D eigenvalue weighted by Crippen LogP contribution is 2.22. The van der Waals surface area contributed by atoms with E-state index in [4.69, 9.17) is 4.74 Å². The molecule has 1 aromatic rings. The van der Waals surface area contributed by atoms with Crippen LogP contribution in [0.5, 0.6) is 5.75 Å². The number of halogens is 1. The molecule has 4 heteroatoms. The number of hydrogen-bond acceptors (Lipinski definition) is 2. The van der Waals surface area contributed by atoms with Gasteiger partial charge in [0.1, 0.15) is 5.75 Å². The van der Waals surface area contributed by atoms with Gasteiger partial charge < -0.3 is 10.1 Å². The third-order valence-electron chi connectivity index (χ3n) is 1.74. The largest absolute Gasteiger partial charge is 0.496 e.